The number of nitrogens with one attached hydrogen (secondary N) is 1. The van der Waals surface area contributed by atoms with Gasteiger partial charge in [0, 0.05) is 31.9 Å². The molecule has 1 N–H and O–H groups in total. The molecule has 1 aliphatic carbocycles. The molecular weight excluding hydrogens is 300 g/mol. The van der Waals surface area contributed by atoms with Crippen LogP contribution in [0.15, 0.2) is 30.5 Å². The predicted octanol–water partition coefficient (Wildman–Crippen LogP) is 3.05. The van der Waals surface area contributed by atoms with Crippen molar-refractivity contribution in [2.24, 2.45) is 5.92 Å². The summed E-state index contributed by atoms with van der Waals surface area (Å²) in [5.41, 5.74) is 2.66. The molecule has 126 valence electrons. The van der Waals surface area contributed by atoms with Gasteiger partial charge in [0.05, 0.1) is 0 Å². The van der Waals surface area contributed by atoms with Gasteiger partial charge >= 0.3 is 0 Å². The minimum Gasteiger partial charge on any atom is -0.359 e. The maximum absolute atomic E-state index is 12.5. The van der Waals surface area contributed by atoms with Crippen LogP contribution in [0.4, 0.5) is 5.82 Å². The van der Waals surface area contributed by atoms with E-state index in [0.717, 1.165) is 24.2 Å². The quantitative estimate of drug-likeness (QED) is 0.887. The maximum atomic E-state index is 12.5. The SMILES string of the molecule is CCN(C)c1nc(-c2cccc(C)c2)ncc1C(=O)NCC1CC1. The van der Waals surface area contributed by atoms with E-state index in [-0.39, 0.29) is 5.91 Å². The number of anilines is 1. The van der Waals surface area contributed by atoms with Crippen molar-refractivity contribution in [3.8, 4) is 11.4 Å². The number of benzene rings is 1. The van der Waals surface area contributed by atoms with Crippen LogP contribution in [0.5, 0.6) is 0 Å². The first-order valence-corrected chi connectivity index (χ1v) is 8.52. The lowest BCUT2D eigenvalue weighted by molar-refractivity contribution is 0.0951. The van der Waals surface area contributed by atoms with Crippen molar-refractivity contribution in [3.63, 3.8) is 0 Å². The van der Waals surface area contributed by atoms with E-state index in [1.54, 1.807) is 6.20 Å². The Balaban J connectivity index is 1.92. The Labute approximate surface area is 143 Å². The summed E-state index contributed by atoms with van der Waals surface area (Å²) < 4.78 is 0. The minimum atomic E-state index is -0.0898. The molecule has 0 saturated heterocycles. The Morgan fingerprint density at radius 2 is 2.17 bits per heavy atom. The van der Waals surface area contributed by atoms with Crippen LogP contribution >= 0.6 is 0 Å². The lowest BCUT2D eigenvalue weighted by Crippen LogP contribution is -2.29. The smallest absolute Gasteiger partial charge is 0.256 e. The fourth-order valence-corrected chi connectivity index (χ4v) is 2.55. The topological polar surface area (TPSA) is 58.1 Å². The van der Waals surface area contributed by atoms with Gasteiger partial charge in [-0.2, -0.15) is 0 Å². The van der Waals surface area contributed by atoms with Gasteiger partial charge in [-0.3, -0.25) is 4.79 Å². The van der Waals surface area contributed by atoms with Gasteiger partial charge in [-0.25, -0.2) is 9.97 Å². The fraction of sp³-hybridized carbons (Fsp3) is 0.421. The van der Waals surface area contributed by atoms with Crippen molar-refractivity contribution in [1.29, 1.82) is 0 Å². The van der Waals surface area contributed by atoms with E-state index in [4.69, 9.17) is 0 Å². The first-order chi connectivity index (χ1) is 11.6. The van der Waals surface area contributed by atoms with Crippen LogP contribution in [-0.2, 0) is 0 Å². The first kappa shape index (κ1) is 16.4. The lowest BCUT2D eigenvalue weighted by atomic mass is 10.1. The minimum absolute atomic E-state index is 0.0898. The van der Waals surface area contributed by atoms with Crippen LogP contribution in [0, 0.1) is 12.8 Å². The zero-order valence-electron chi connectivity index (χ0n) is 14.5. The molecule has 2 aromatic rings. The molecule has 1 aliphatic rings. The van der Waals surface area contributed by atoms with Crippen molar-refractivity contribution in [2.45, 2.75) is 26.7 Å². The van der Waals surface area contributed by atoms with Crippen molar-refractivity contribution in [2.75, 3.05) is 25.0 Å². The van der Waals surface area contributed by atoms with E-state index in [0.29, 0.717) is 23.1 Å². The average Bonchev–Trinajstić information content (AvgIpc) is 3.43. The van der Waals surface area contributed by atoms with Crippen LogP contribution in [-0.4, -0.2) is 36.0 Å². The highest BCUT2D eigenvalue weighted by atomic mass is 16.1. The van der Waals surface area contributed by atoms with Gasteiger partial charge in [-0.05, 0) is 38.7 Å². The molecular formula is C19H24N4O. The summed E-state index contributed by atoms with van der Waals surface area (Å²) in [6, 6.07) is 8.08. The Morgan fingerprint density at radius 3 is 2.83 bits per heavy atom. The molecule has 0 radical (unpaired) electrons. The van der Waals surface area contributed by atoms with Gasteiger partial charge < -0.3 is 10.2 Å². The molecule has 1 aromatic carbocycles. The number of rotatable bonds is 6. The van der Waals surface area contributed by atoms with Crippen LogP contribution in [0.2, 0.25) is 0 Å². The summed E-state index contributed by atoms with van der Waals surface area (Å²) in [4.78, 5) is 23.6. The summed E-state index contributed by atoms with van der Waals surface area (Å²) in [7, 11) is 1.94. The number of hydrogen-bond acceptors (Lipinski definition) is 4. The molecule has 5 heteroatoms. The molecule has 3 rings (SSSR count). The molecule has 5 nitrogen and oxygen atoms in total. The number of hydrogen-bond donors (Lipinski definition) is 1. The summed E-state index contributed by atoms with van der Waals surface area (Å²) >= 11 is 0. The molecule has 0 bridgehead atoms. The molecule has 0 aliphatic heterocycles. The molecule has 1 amide bonds. The van der Waals surface area contributed by atoms with Gasteiger partial charge in [0.15, 0.2) is 5.82 Å². The summed E-state index contributed by atoms with van der Waals surface area (Å²) in [6.07, 6.45) is 4.07. The monoisotopic (exact) mass is 324 g/mol. The van der Waals surface area contributed by atoms with Crippen molar-refractivity contribution in [3.05, 3.63) is 41.6 Å². The Bertz CT molecular complexity index is 740. The van der Waals surface area contributed by atoms with E-state index in [1.807, 2.05) is 44.0 Å². The average molecular weight is 324 g/mol. The van der Waals surface area contributed by atoms with Gasteiger partial charge in [0.1, 0.15) is 11.4 Å². The Hall–Kier alpha value is -2.43. The van der Waals surface area contributed by atoms with E-state index >= 15 is 0 Å². The van der Waals surface area contributed by atoms with Crippen molar-refractivity contribution >= 4 is 11.7 Å². The number of nitrogens with zero attached hydrogens (tertiary/aromatic N) is 3. The molecule has 0 atom stereocenters. The zero-order chi connectivity index (χ0) is 17.1. The van der Waals surface area contributed by atoms with E-state index < -0.39 is 0 Å². The van der Waals surface area contributed by atoms with E-state index in [2.05, 4.69) is 21.4 Å². The highest BCUT2D eigenvalue weighted by Gasteiger charge is 2.23. The van der Waals surface area contributed by atoms with Crippen LogP contribution in [0.25, 0.3) is 11.4 Å². The number of amides is 1. The standard InChI is InChI=1S/C19H24N4O/c1-4-23(3)18-16(19(24)21-11-14-8-9-14)12-20-17(22-18)15-7-5-6-13(2)10-15/h5-7,10,12,14H,4,8-9,11H2,1-3H3,(H,21,24). The molecule has 24 heavy (non-hydrogen) atoms. The predicted molar refractivity (Wildman–Crippen MR) is 96.2 cm³/mol. The van der Waals surface area contributed by atoms with Gasteiger partial charge in [-0.1, -0.05) is 23.8 Å². The molecule has 0 unspecified atom stereocenters. The molecule has 0 spiro atoms. The van der Waals surface area contributed by atoms with Crippen molar-refractivity contribution in [1.82, 2.24) is 15.3 Å². The lowest BCUT2D eigenvalue weighted by Gasteiger charge is -2.19. The Morgan fingerprint density at radius 1 is 1.38 bits per heavy atom. The molecule has 1 fully saturated rings. The second-order valence-electron chi connectivity index (χ2n) is 6.47. The molecule has 1 saturated carbocycles. The first-order valence-electron chi connectivity index (χ1n) is 8.52. The van der Waals surface area contributed by atoms with Crippen molar-refractivity contribution < 1.29 is 4.79 Å². The third kappa shape index (κ3) is 3.72. The number of carbonyl (C=O) groups excluding carboxylic acids is 1. The van der Waals surface area contributed by atoms with Gasteiger partial charge in [0.25, 0.3) is 5.91 Å². The number of aryl methyl sites for hydroxylation is 1. The highest BCUT2D eigenvalue weighted by Crippen LogP contribution is 2.28. The number of carbonyl (C=O) groups is 1. The van der Waals surface area contributed by atoms with Gasteiger partial charge in [0.2, 0.25) is 0 Å². The van der Waals surface area contributed by atoms with E-state index in [1.165, 1.54) is 12.8 Å². The second kappa shape index (κ2) is 6.99. The highest BCUT2D eigenvalue weighted by molar-refractivity contribution is 5.98. The molecule has 1 aromatic heterocycles. The second-order valence-corrected chi connectivity index (χ2v) is 6.47. The van der Waals surface area contributed by atoms with Gasteiger partial charge in [-0.15, -0.1) is 0 Å². The van der Waals surface area contributed by atoms with E-state index in [9.17, 15) is 4.79 Å². The molecule has 1 heterocycles. The van der Waals surface area contributed by atoms with Crippen LogP contribution in [0.1, 0.15) is 35.7 Å². The fourth-order valence-electron chi connectivity index (χ4n) is 2.55. The largest absolute Gasteiger partial charge is 0.359 e. The Kier molecular flexibility index (Phi) is 4.79. The third-order valence-electron chi connectivity index (χ3n) is 4.37. The summed E-state index contributed by atoms with van der Waals surface area (Å²) in [5.74, 6) is 1.88. The third-order valence-corrected chi connectivity index (χ3v) is 4.37. The normalized spacial score (nSPS) is 13.6. The van der Waals surface area contributed by atoms with Crippen LogP contribution < -0.4 is 10.2 Å². The zero-order valence-corrected chi connectivity index (χ0v) is 14.5. The number of aromatic nitrogens is 2. The summed E-state index contributed by atoms with van der Waals surface area (Å²) in [6.45, 7) is 5.60. The summed E-state index contributed by atoms with van der Waals surface area (Å²) in [5, 5.41) is 3.00. The van der Waals surface area contributed by atoms with Crippen LogP contribution in [0.3, 0.4) is 0 Å². The maximum Gasteiger partial charge on any atom is 0.256 e.